The number of hydrogen-bond acceptors (Lipinski definition) is 5. The largest absolute Gasteiger partial charge is 0.303 e. The van der Waals surface area contributed by atoms with Crippen LogP contribution in [0.2, 0.25) is 0 Å². The molecule has 1 saturated heterocycles. The van der Waals surface area contributed by atoms with E-state index in [-0.39, 0.29) is 17.2 Å². The molecule has 0 bridgehead atoms. The number of carbonyl (C=O) groups is 1. The number of nitrogens with one attached hydrogen (secondary N) is 1. The molecule has 28 heavy (non-hydrogen) atoms. The number of benzene rings is 1. The molecule has 7 nitrogen and oxygen atoms in total. The third-order valence-electron chi connectivity index (χ3n) is 5.09. The van der Waals surface area contributed by atoms with Gasteiger partial charge in [-0.2, -0.15) is 10.2 Å². The van der Waals surface area contributed by atoms with Crippen LogP contribution in [0.1, 0.15) is 56.4 Å². The molecule has 0 saturated carbocycles. The summed E-state index contributed by atoms with van der Waals surface area (Å²) in [6.45, 7) is 7.80. The van der Waals surface area contributed by atoms with E-state index in [0.717, 1.165) is 57.5 Å². The topological polar surface area (TPSA) is 79.6 Å². The molecule has 3 rings (SSSR count). The number of hydrazone groups is 1. The molecule has 1 aromatic heterocycles. The number of fused-ring (bicyclic) bond motifs is 1. The first-order valence-electron chi connectivity index (χ1n) is 10.2. The fourth-order valence-corrected chi connectivity index (χ4v) is 3.51. The molecule has 1 amide bonds. The molecular formula is C21H29N5O2. The summed E-state index contributed by atoms with van der Waals surface area (Å²) in [6, 6.07) is 7.12. The Morgan fingerprint density at radius 2 is 1.82 bits per heavy atom. The molecule has 2 aromatic rings. The van der Waals surface area contributed by atoms with Gasteiger partial charge in [-0.05, 0) is 25.5 Å². The molecule has 0 unspecified atom stereocenters. The van der Waals surface area contributed by atoms with E-state index in [4.69, 9.17) is 0 Å². The first kappa shape index (κ1) is 20.2. The minimum Gasteiger partial charge on any atom is -0.303 e. The standard InChI is InChI=1S/C21H29N5O2/c1-3-5-13-26-21(28)18-9-7-6-8-17(18)19(24-26)20(27)23-22-16-10-14-25(12-4-2)15-11-16/h6-9H,3-5,10-15H2,1-2H3,(H,23,27). The second kappa shape index (κ2) is 9.59. The zero-order chi connectivity index (χ0) is 19.9. The summed E-state index contributed by atoms with van der Waals surface area (Å²) in [6.07, 6.45) is 4.67. The highest BCUT2D eigenvalue weighted by Crippen LogP contribution is 2.14. The number of carbonyl (C=O) groups excluding carboxylic acids is 1. The molecule has 1 aliphatic rings. The Morgan fingerprint density at radius 1 is 1.11 bits per heavy atom. The molecule has 0 spiro atoms. The van der Waals surface area contributed by atoms with E-state index in [1.807, 2.05) is 6.07 Å². The number of piperidine rings is 1. The van der Waals surface area contributed by atoms with Gasteiger partial charge in [-0.3, -0.25) is 9.59 Å². The molecule has 0 atom stereocenters. The Labute approximate surface area is 165 Å². The van der Waals surface area contributed by atoms with Gasteiger partial charge in [-0.1, -0.05) is 38.5 Å². The molecule has 1 fully saturated rings. The molecule has 2 heterocycles. The summed E-state index contributed by atoms with van der Waals surface area (Å²) in [5.41, 5.74) is 3.76. The van der Waals surface area contributed by atoms with Crippen molar-refractivity contribution in [2.45, 2.75) is 52.5 Å². The van der Waals surface area contributed by atoms with Crippen LogP contribution in [0.25, 0.3) is 10.8 Å². The van der Waals surface area contributed by atoms with Crippen LogP contribution in [0.15, 0.2) is 34.2 Å². The summed E-state index contributed by atoms with van der Waals surface area (Å²) in [5, 5.41) is 9.77. The summed E-state index contributed by atoms with van der Waals surface area (Å²) in [7, 11) is 0. The minimum atomic E-state index is -0.370. The Kier molecular flexibility index (Phi) is 6.92. The second-order valence-corrected chi connectivity index (χ2v) is 7.24. The Balaban J connectivity index is 1.80. The zero-order valence-electron chi connectivity index (χ0n) is 16.8. The number of nitrogens with zero attached hydrogens (tertiary/aromatic N) is 4. The maximum atomic E-state index is 12.8. The molecule has 0 radical (unpaired) electrons. The predicted octanol–water partition coefficient (Wildman–Crippen LogP) is 2.79. The summed E-state index contributed by atoms with van der Waals surface area (Å²) in [4.78, 5) is 27.9. The lowest BCUT2D eigenvalue weighted by molar-refractivity contribution is 0.0948. The van der Waals surface area contributed by atoms with Gasteiger partial charge in [-0.15, -0.1) is 0 Å². The lowest BCUT2D eigenvalue weighted by atomic mass is 10.1. The van der Waals surface area contributed by atoms with E-state index in [1.165, 1.54) is 4.68 Å². The summed E-state index contributed by atoms with van der Waals surface area (Å²) < 4.78 is 1.40. The van der Waals surface area contributed by atoms with Crippen molar-refractivity contribution in [2.75, 3.05) is 19.6 Å². The second-order valence-electron chi connectivity index (χ2n) is 7.24. The number of aryl methyl sites for hydroxylation is 1. The van der Waals surface area contributed by atoms with Crippen molar-refractivity contribution in [3.05, 3.63) is 40.3 Å². The van der Waals surface area contributed by atoms with E-state index >= 15 is 0 Å². The van der Waals surface area contributed by atoms with Crippen LogP contribution in [-0.2, 0) is 6.54 Å². The quantitative estimate of drug-likeness (QED) is 0.746. The van der Waals surface area contributed by atoms with Crippen LogP contribution >= 0.6 is 0 Å². The van der Waals surface area contributed by atoms with E-state index in [0.29, 0.717) is 17.3 Å². The highest BCUT2D eigenvalue weighted by atomic mass is 16.2. The van der Waals surface area contributed by atoms with Gasteiger partial charge in [0, 0.05) is 43.6 Å². The number of aromatic nitrogens is 2. The predicted molar refractivity (Wildman–Crippen MR) is 112 cm³/mol. The lowest BCUT2D eigenvalue weighted by Crippen LogP contribution is -2.35. The molecule has 1 N–H and O–H groups in total. The number of rotatable bonds is 7. The molecule has 1 aromatic carbocycles. The van der Waals surface area contributed by atoms with E-state index < -0.39 is 0 Å². The van der Waals surface area contributed by atoms with Crippen LogP contribution in [0, 0.1) is 0 Å². The van der Waals surface area contributed by atoms with Crippen LogP contribution in [-0.4, -0.2) is 45.9 Å². The van der Waals surface area contributed by atoms with Crippen LogP contribution < -0.4 is 11.0 Å². The number of unbranched alkanes of at least 4 members (excludes halogenated alkanes) is 1. The lowest BCUT2D eigenvalue weighted by Gasteiger charge is -2.26. The van der Waals surface area contributed by atoms with Crippen molar-refractivity contribution in [1.29, 1.82) is 0 Å². The van der Waals surface area contributed by atoms with Gasteiger partial charge in [0.15, 0.2) is 5.69 Å². The van der Waals surface area contributed by atoms with Gasteiger partial charge in [0.2, 0.25) is 0 Å². The highest BCUT2D eigenvalue weighted by Gasteiger charge is 2.18. The van der Waals surface area contributed by atoms with E-state index in [1.54, 1.807) is 18.2 Å². The third-order valence-corrected chi connectivity index (χ3v) is 5.09. The molecule has 7 heteroatoms. The third kappa shape index (κ3) is 4.65. The van der Waals surface area contributed by atoms with Crippen LogP contribution in [0.4, 0.5) is 0 Å². The summed E-state index contributed by atoms with van der Waals surface area (Å²) in [5.74, 6) is -0.370. The molecular weight excluding hydrogens is 354 g/mol. The Morgan fingerprint density at radius 3 is 2.50 bits per heavy atom. The van der Waals surface area contributed by atoms with Gasteiger partial charge in [0.05, 0.1) is 5.39 Å². The van der Waals surface area contributed by atoms with Crippen molar-refractivity contribution >= 4 is 22.4 Å². The van der Waals surface area contributed by atoms with Gasteiger partial charge in [0.25, 0.3) is 11.5 Å². The van der Waals surface area contributed by atoms with Crippen molar-refractivity contribution in [1.82, 2.24) is 20.1 Å². The van der Waals surface area contributed by atoms with Gasteiger partial charge >= 0.3 is 0 Å². The monoisotopic (exact) mass is 383 g/mol. The Bertz CT molecular complexity index is 909. The zero-order valence-corrected chi connectivity index (χ0v) is 16.8. The van der Waals surface area contributed by atoms with E-state index in [2.05, 4.69) is 34.4 Å². The maximum absolute atomic E-state index is 12.8. The number of likely N-dealkylation sites (tertiary alicyclic amines) is 1. The first-order chi connectivity index (χ1) is 13.6. The van der Waals surface area contributed by atoms with Gasteiger partial charge in [-0.25, -0.2) is 10.1 Å². The van der Waals surface area contributed by atoms with Crippen LogP contribution in [0.3, 0.4) is 0 Å². The Hall–Kier alpha value is -2.54. The SMILES string of the molecule is CCCCn1nc(C(=O)NN=C2CCN(CCC)CC2)c2ccccc2c1=O. The van der Waals surface area contributed by atoms with Crippen molar-refractivity contribution < 1.29 is 4.79 Å². The fraction of sp³-hybridized carbons (Fsp3) is 0.524. The van der Waals surface area contributed by atoms with E-state index in [9.17, 15) is 9.59 Å². The molecule has 1 aliphatic heterocycles. The summed E-state index contributed by atoms with van der Waals surface area (Å²) >= 11 is 0. The highest BCUT2D eigenvalue weighted by molar-refractivity contribution is 6.05. The van der Waals surface area contributed by atoms with Crippen molar-refractivity contribution in [3.63, 3.8) is 0 Å². The van der Waals surface area contributed by atoms with Crippen LogP contribution in [0.5, 0.6) is 0 Å². The van der Waals surface area contributed by atoms with Gasteiger partial charge in [0.1, 0.15) is 0 Å². The van der Waals surface area contributed by atoms with Gasteiger partial charge < -0.3 is 4.90 Å². The average Bonchev–Trinajstić information content (AvgIpc) is 2.73. The maximum Gasteiger partial charge on any atom is 0.292 e. The number of hydrogen-bond donors (Lipinski definition) is 1. The normalized spacial score (nSPS) is 15.0. The molecule has 150 valence electrons. The van der Waals surface area contributed by atoms with Crippen molar-refractivity contribution in [2.24, 2.45) is 5.10 Å². The average molecular weight is 383 g/mol. The number of amides is 1. The first-order valence-corrected chi connectivity index (χ1v) is 10.2. The fourth-order valence-electron chi connectivity index (χ4n) is 3.51. The van der Waals surface area contributed by atoms with Crippen molar-refractivity contribution in [3.8, 4) is 0 Å². The minimum absolute atomic E-state index is 0.157. The smallest absolute Gasteiger partial charge is 0.292 e. The molecule has 0 aliphatic carbocycles.